The van der Waals surface area contributed by atoms with Crippen LogP contribution in [0.5, 0.6) is 0 Å². The highest BCUT2D eigenvalue weighted by molar-refractivity contribution is 5.77. The number of Topliss-reactive ketones (excluding diaryl/α,β-unsaturated/α-hetero) is 1. The van der Waals surface area contributed by atoms with E-state index in [9.17, 15) is 4.79 Å². The normalized spacial score (nSPS) is 20.5. The molecular formula is C22H35N3O. The summed E-state index contributed by atoms with van der Waals surface area (Å²) >= 11 is 0. The quantitative estimate of drug-likeness (QED) is 0.749. The number of carbonyl (C=O) groups is 1. The topological polar surface area (TPSA) is 26.8 Å². The molecule has 2 aliphatic rings. The van der Waals surface area contributed by atoms with E-state index in [2.05, 4.69) is 45.9 Å². The summed E-state index contributed by atoms with van der Waals surface area (Å²) in [7, 11) is 0. The molecule has 0 spiro atoms. The second-order valence-electron chi connectivity index (χ2n) is 8.06. The predicted octanol–water partition coefficient (Wildman–Crippen LogP) is 3.06. The van der Waals surface area contributed by atoms with E-state index in [1.54, 1.807) is 6.92 Å². The van der Waals surface area contributed by atoms with Gasteiger partial charge >= 0.3 is 0 Å². The zero-order valence-corrected chi connectivity index (χ0v) is 16.6. The minimum absolute atomic E-state index is 0.297. The molecule has 2 heterocycles. The number of nitrogens with zero attached hydrogens (tertiary/aromatic N) is 3. The van der Waals surface area contributed by atoms with Gasteiger partial charge in [-0.2, -0.15) is 0 Å². The van der Waals surface area contributed by atoms with Crippen molar-refractivity contribution in [2.24, 2.45) is 5.92 Å². The molecule has 4 heteroatoms. The van der Waals surface area contributed by atoms with Crippen LogP contribution in [0, 0.1) is 5.92 Å². The van der Waals surface area contributed by atoms with Gasteiger partial charge in [-0.3, -0.25) is 14.6 Å². The second-order valence-corrected chi connectivity index (χ2v) is 8.06. The summed E-state index contributed by atoms with van der Waals surface area (Å²) in [5, 5.41) is 0. The Balaban J connectivity index is 1.36. The molecule has 0 saturated carbocycles. The molecule has 0 aromatic heterocycles. The molecule has 26 heavy (non-hydrogen) atoms. The Hall–Kier alpha value is -1.39. The first kappa shape index (κ1) is 19.4. The van der Waals surface area contributed by atoms with E-state index in [-0.39, 0.29) is 0 Å². The molecule has 0 radical (unpaired) electrons. The van der Waals surface area contributed by atoms with E-state index < -0.39 is 0 Å². The van der Waals surface area contributed by atoms with Gasteiger partial charge in [-0.15, -0.1) is 0 Å². The lowest BCUT2D eigenvalue weighted by atomic mass is 9.93. The fourth-order valence-corrected chi connectivity index (χ4v) is 4.32. The van der Waals surface area contributed by atoms with E-state index in [1.807, 2.05) is 0 Å². The van der Waals surface area contributed by atoms with Crippen LogP contribution in [0.25, 0.3) is 0 Å². The summed E-state index contributed by atoms with van der Waals surface area (Å²) in [6.45, 7) is 12.7. The highest BCUT2D eigenvalue weighted by Gasteiger charge is 2.22. The van der Waals surface area contributed by atoms with Crippen LogP contribution in [0.4, 0.5) is 5.69 Å². The Bertz CT molecular complexity index is 573. The van der Waals surface area contributed by atoms with Gasteiger partial charge in [0.25, 0.3) is 0 Å². The maximum absolute atomic E-state index is 11.2. The molecule has 1 aromatic carbocycles. The molecule has 2 saturated heterocycles. The molecule has 2 aliphatic heterocycles. The van der Waals surface area contributed by atoms with Crippen molar-refractivity contribution >= 4 is 11.5 Å². The fraction of sp³-hybridized carbons (Fsp3) is 0.682. The van der Waals surface area contributed by atoms with Crippen molar-refractivity contribution < 1.29 is 4.79 Å². The average molecular weight is 358 g/mol. The van der Waals surface area contributed by atoms with Crippen molar-refractivity contribution in [1.29, 1.82) is 0 Å². The van der Waals surface area contributed by atoms with E-state index in [0.29, 0.717) is 12.3 Å². The number of ketones is 1. The Labute approximate surface area is 159 Å². The number of anilines is 1. The highest BCUT2D eigenvalue weighted by atomic mass is 16.1. The van der Waals surface area contributed by atoms with Gasteiger partial charge in [-0.05, 0) is 75.9 Å². The summed E-state index contributed by atoms with van der Waals surface area (Å²) in [5.74, 6) is 1.14. The van der Waals surface area contributed by atoms with Gasteiger partial charge in [-0.25, -0.2) is 0 Å². The summed E-state index contributed by atoms with van der Waals surface area (Å²) in [6, 6.07) is 9.02. The molecule has 0 N–H and O–H groups in total. The van der Waals surface area contributed by atoms with Gasteiger partial charge in [0.1, 0.15) is 5.78 Å². The Morgan fingerprint density at radius 2 is 1.77 bits per heavy atom. The van der Waals surface area contributed by atoms with Gasteiger partial charge in [-0.1, -0.05) is 19.1 Å². The van der Waals surface area contributed by atoms with Crippen molar-refractivity contribution in [3.63, 3.8) is 0 Å². The van der Waals surface area contributed by atoms with E-state index in [1.165, 1.54) is 50.1 Å². The lowest BCUT2D eigenvalue weighted by molar-refractivity contribution is -0.118. The lowest BCUT2D eigenvalue weighted by Crippen LogP contribution is -2.47. The second kappa shape index (κ2) is 9.52. The SMILES string of the molecule is CCc1cccc(N2CCN(CCC3CCN(CC(C)=O)CC3)CC2)c1. The summed E-state index contributed by atoms with van der Waals surface area (Å²) < 4.78 is 0. The molecule has 0 bridgehead atoms. The molecule has 0 atom stereocenters. The smallest absolute Gasteiger partial charge is 0.143 e. The van der Waals surface area contributed by atoms with E-state index in [4.69, 9.17) is 0 Å². The number of likely N-dealkylation sites (tertiary alicyclic amines) is 1. The number of hydrogen-bond donors (Lipinski definition) is 0. The molecular weight excluding hydrogens is 322 g/mol. The zero-order valence-electron chi connectivity index (χ0n) is 16.6. The Morgan fingerprint density at radius 1 is 1.04 bits per heavy atom. The molecule has 0 amide bonds. The first-order chi connectivity index (χ1) is 12.6. The van der Waals surface area contributed by atoms with Gasteiger partial charge < -0.3 is 4.90 Å². The third-order valence-electron chi connectivity index (χ3n) is 6.06. The molecule has 144 valence electrons. The maximum Gasteiger partial charge on any atom is 0.143 e. The van der Waals surface area contributed by atoms with Crippen molar-refractivity contribution in [1.82, 2.24) is 9.80 Å². The highest BCUT2D eigenvalue weighted by Crippen LogP contribution is 2.22. The first-order valence-electron chi connectivity index (χ1n) is 10.4. The standard InChI is InChI=1S/C22H35N3O/c1-3-20-5-4-6-22(17-20)25-15-13-23(14-16-25)10-7-21-8-11-24(12-9-21)18-19(2)26/h4-6,17,21H,3,7-16,18H2,1-2H3. The molecule has 4 nitrogen and oxygen atoms in total. The predicted molar refractivity (Wildman–Crippen MR) is 109 cm³/mol. The zero-order chi connectivity index (χ0) is 18.4. The third-order valence-corrected chi connectivity index (χ3v) is 6.06. The number of piperidine rings is 1. The van der Waals surface area contributed by atoms with Gasteiger partial charge in [0.05, 0.1) is 6.54 Å². The van der Waals surface area contributed by atoms with Crippen LogP contribution in [-0.2, 0) is 11.2 Å². The van der Waals surface area contributed by atoms with Crippen LogP contribution in [0.1, 0.15) is 38.7 Å². The molecule has 1 aromatic rings. The average Bonchev–Trinajstić information content (AvgIpc) is 2.67. The number of aryl methyl sites for hydroxylation is 1. The van der Waals surface area contributed by atoms with Gasteiger partial charge in [0, 0.05) is 31.9 Å². The van der Waals surface area contributed by atoms with Crippen LogP contribution < -0.4 is 4.90 Å². The van der Waals surface area contributed by atoms with Crippen molar-refractivity contribution in [3.8, 4) is 0 Å². The minimum Gasteiger partial charge on any atom is -0.369 e. The first-order valence-corrected chi connectivity index (χ1v) is 10.4. The van der Waals surface area contributed by atoms with Crippen LogP contribution in [0.3, 0.4) is 0 Å². The van der Waals surface area contributed by atoms with Crippen LogP contribution in [0.2, 0.25) is 0 Å². The summed E-state index contributed by atoms with van der Waals surface area (Å²) in [4.78, 5) is 18.7. The van der Waals surface area contributed by atoms with Gasteiger partial charge in [0.15, 0.2) is 0 Å². The number of carbonyl (C=O) groups excluding carboxylic acids is 1. The maximum atomic E-state index is 11.2. The molecule has 3 rings (SSSR count). The van der Waals surface area contributed by atoms with E-state index in [0.717, 1.165) is 38.5 Å². The Kier molecular flexibility index (Phi) is 7.09. The monoisotopic (exact) mass is 357 g/mol. The molecule has 2 fully saturated rings. The van der Waals surface area contributed by atoms with Crippen LogP contribution in [0.15, 0.2) is 24.3 Å². The Morgan fingerprint density at radius 3 is 2.42 bits per heavy atom. The van der Waals surface area contributed by atoms with Crippen LogP contribution >= 0.6 is 0 Å². The van der Waals surface area contributed by atoms with Crippen molar-refractivity contribution in [2.45, 2.75) is 39.5 Å². The summed E-state index contributed by atoms with van der Waals surface area (Å²) in [6.07, 6.45) is 4.95. The van der Waals surface area contributed by atoms with Crippen molar-refractivity contribution in [2.75, 3.05) is 57.3 Å². The van der Waals surface area contributed by atoms with Crippen LogP contribution in [-0.4, -0.2) is 67.9 Å². The lowest BCUT2D eigenvalue weighted by Gasteiger charge is -2.37. The molecule has 0 aliphatic carbocycles. The number of piperazine rings is 1. The largest absolute Gasteiger partial charge is 0.369 e. The number of hydrogen-bond acceptors (Lipinski definition) is 4. The van der Waals surface area contributed by atoms with E-state index >= 15 is 0 Å². The third kappa shape index (κ3) is 5.55. The molecule has 0 unspecified atom stereocenters. The van der Waals surface area contributed by atoms with Crippen molar-refractivity contribution in [3.05, 3.63) is 29.8 Å². The minimum atomic E-state index is 0.297. The van der Waals surface area contributed by atoms with Gasteiger partial charge in [0.2, 0.25) is 0 Å². The number of rotatable bonds is 7. The summed E-state index contributed by atoms with van der Waals surface area (Å²) in [5.41, 5.74) is 2.82. The fourth-order valence-electron chi connectivity index (χ4n) is 4.32. The number of benzene rings is 1.